The van der Waals surface area contributed by atoms with Crippen LogP contribution in [0.2, 0.25) is 10.3 Å². The summed E-state index contributed by atoms with van der Waals surface area (Å²) >= 11 is 12.3. The van der Waals surface area contributed by atoms with E-state index in [0.29, 0.717) is 22.8 Å². The standard InChI is InChI=1S/C17H26Cl2N4O/c1-11(2)15-20-10-12(23(15)7-8-24-6)9-17(3,4)16-21-13(18)14(19)22(16)5/h10-11H,7-9H2,1-6H3. The van der Waals surface area contributed by atoms with Crippen LogP contribution in [0, 0.1) is 0 Å². The molecule has 0 bridgehead atoms. The zero-order valence-corrected chi connectivity index (χ0v) is 16.7. The molecule has 0 fully saturated rings. The highest BCUT2D eigenvalue weighted by atomic mass is 35.5. The Bertz CT molecular complexity index is 704. The lowest BCUT2D eigenvalue weighted by molar-refractivity contribution is 0.184. The Labute approximate surface area is 154 Å². The van der Waals surface area contributed by atoms with E-state index in [0.717, 1.165) is 30.3 Å². The zero-order valence-electron chi connectivity index (χ0n) is 15.2. The summed E-state index contributed by atoms with van der Waals surface area (Å²) in [6.45, 7) is 10.0. The second kappa shape index (κ2) is 7.46. The van der Waals surface area contributed by atoms with Crippen LogP contribution in [0.4, 0.5) is 0 Å². The number of halogens is 2. The predicted octanol–water partition coefficient (Wildman–Crippen LogP) is 4.21. The van der Waals surface area contributed by atoms with Crippen LogP contribution in [0.3, 0.4) is 0 Å². The molecule has 2 rings (SSSR count). The highest BCUT2D eigenvalue weighted by molar-refractivity contribution is 6.40. The van der Waals surface area contributed by atoms with Gasteiger partial charge in [-0.05, 0) is 0 Å². The minimum atomic E-state index is -0.232. The van der Waals surface area contributed by atoms with Crippen LogP contribution < -0.4 is 0 Å². The molecule has 0 saturated carbocycles. The fourth-order valence-electron chi connectivity index (χ4n) is 3.05. The monoisotopic (exact) mass is 372 g/mol. The average Bonchev–Trinajstić information content (AvgIpc) is 3.01. The van der Waals surface area contributed by atoms with Crippen molar-refractivity contribution in [3.8, 4) is 0 Å². The molecule has 0 N–H and O–H groups in total. The van der Waals surface area contributed by atoms with Gasteiger partial charge in [0.25, 0.3) is 0 Å². The smallest absolute Gasteiger partial charge is 0.166 e. The van der Waals surface area contributed by atoms with Crippen LogP contribution >= 0.6 is 23.2 Å². The summed E-state index contributed by atoms with van der Waals surface area (Å²) in [5, 5.41) is 0.813. The largest absolute Gasteiger partial charge is 0.383 e. The van der Waals surface area contributed by atoms with E-state index in [1.807, 2.05) is 17.8 Å². The fourth-order valence-corrected chi connectivity index (χ4v) is 3.38. The topological polar surface area (TPSA) is 44.9 Å². The van der Waals surface area contributed by atoms with Gasteiger partial charge in [0.1, 0.15) is 16.8 Å². The number of nitrogens with zero attached hydrogens (tertiary/aromatic N) is 4. The lowest BCUT2D eigenvalue weighted by Crippen LogP contribution is -2.27. The van der Waals surface area contributed by atoms with Gasteiger partial charge in [0, 0.05) is 50.3 Å². The third-order valence-electron chi connectivity index (χ3n) is 4.22. The molecule has 0 unspecified atom stereocenters. The van der Waals surface area contributed by atoms with Gasteiger partial charge in [-0.25, -0.2) is 9.97 Å². The maximum Gasteiger partial charge on any atom is 0.166 e. The van der Waals surface area contributed by atoms with Crippen LogP contribution in [0.5, 0.6) is 0 Å². The van der Waals surface area contributed by atoms with E-state index in [2.05, 4.69) is 42.2 Å². The molecule has 0 aliphatic heterocycles. The van der Waals surface area contributed by atoms with Gasteiger partial charge in [-0.3, -0.25) is 0 Å². The van der Waals surface area contributed by atoms with E-state index >= 15 is 0 Å². The molecule has 0 aliphatic carbocycles. The molecule has 0 atom stereocenters. The number of imidazole rings is 2. The molecule has 0 saturated heterocycles. The first-order valence-corrected chi connectivity index (χ1v) is 8.86. The maximum absolute atomic E-state index is 6.19. The molecular formula is C17H26Cl2N4O. The number of aromatic nitrogens is 4. The summed E-state index contributed by atoms with van der Waals surface area (Å²) in [6, 6.07) is 0. The van der Waals surface area contributed by atoms with Gasteiger partial charge < -0.3 is 13.9 Å². The van der Waals surface area contributed by atoms with Gasteiger partial charge in [0.2, 0.25) is 0 Å². The molecule has 0 aromatic carbocycles. The van der Waals surface area contributed by atoms with Gasteiger partial charge in [0.15, 0.2) is 5.15 Å². The summed E-state index contributed by atoms with van der Waals surface area (Å²) in [6.07, 6.45) is 2.74. The number of hydrogen-bond donors (Lipinski definition) is 0. The number of ether oxygens (including phenoxy) is 1. The Morgan fingerprint density at radius 3 is 2.46 bits per heavy atom. The number of rotatable bonds is 7. The lowest BCUT2D eigenvalue weighted by Gasteiger charge is -2.25. The first-order chi connectivity index (χ1) is 11.2. The van der Waals surface area contributed by atoms with E-state index in [-0.39, 0.29) is 5.41 Å². The number of hydrogen-bond acceptors (Lipinski definition) is 3. The van der Waals surface area contributed by atoms with E-state index in [1.165, 1.54) is 0 Å². The molecule has 0 aliphatic rings. The molecule has 0 amide bonds. The molecule has 24 heavy (non-hydrogen) atoms. The molecule has 2 heterocycles. The Morgan fingerprint density at radius 1 is 1.29 bits per heavy atom. The Balaban J connectivity index is 2.36. The molecule has 0 spiro atoms. The molecule has 134 valence electrons. The van der Waals surface area contributed by atoms with Crippen molar-refractivity contribution in [2.45, 2.75) is 52.0 Å². The average molecular weight is 373 g/mol. The van der Waals surface area contributed by atoms with Gasteiger partial charge >= 0.3 is 0 Å². The summed E-state index contributed by atoms with van der Waals surface area (Å²) in [7, 11) is 3.60. The molecule has 2 aromatic heterocycles. The molecule has 2 aromatic rings. The Morgan fingerprint density at radius 2 is 1.96 bits per heavy atom. The molecule has 5 nitrogen and oxygen atoms in total. The third-order valence-corrected chi connectivity index (χ3v) is 5.01. The second-order valence-electron chi connectivity index (χ2n) is 7.04. The van der Waals surface area contributed by atoms with Crippen LogP contribution in [-0.4, -0.2) is 32.8 Å². The van der Waals surface area contributed by atoms with Gasteiger partial charge in [-0.15, -0.1) is 0 Å². The first kappa shape index (κ1) is 19.3. The van der Waals surface area contributed by atoms with Gasteiger partial charge in [-0.1, -0.05) is 50.9 Å². The lowest BCUT2D eigenvalue weighted by atomic mass is 9.87. The fraction of sp³-hybridized carbons (Fsp3) is 0.647. The van der Waals surface area contributed by atoms with Gasteiger partial charge in [0.05, 0.1) is 6.61 Å². The van der Waals surface area contributed by atoms with Crippen molar-refractivity contribution < 1.29 is 4.74 Å². The maximum atomic E-state index is 6.19. The summed E-state index contributed by atoms with van der Waals surface area (Å²) in [5.74, 6) is 2.30. The van der Waals surface area contributed by atoms with Crippen LogP contribution in [0.15, 0.2) is 6.20 Å². The van der Waals surface area contributed by atoms with E-state index in [4.69, 9.17) is 27.9 Å². The van der Waals surface area contributed by atoms with E-state index in [9.17, 15) is 0 Å². The quantitative estimate of drug-likeness (QED) is 0.730. The summed E-state index contributed by atoms with van der Waals surface area (Å²) in [4.78, 5) is 9.07. The second-order valence-corrected chi connectivity index (χ2v) is 7.76. The van der Waals surface area contributed by atoms with Crippen molar-refractivity contribution in [2.24, 2.45) is 7.05 Å². The predicted molar refractivity (Wildman–Crippen MR) is 98.2 cm³/mol. The van der Waals surface area contributed by atoms with Crippen molar-refractivity contribution in [1.29, 1.82) is 0 Å². The minimum absolute atomic E-state index is 0.232. The highest BCUT2D eigenvalue weighted by Gasteiger charge is 2.30. The number of methoxy groups -OCH3 is 1. The SMILES string of the molecule is COCCn1c(CC(C)(C)c2nc(Cl)c(Cl)n2C)cnc1C(C)C. The molecule has 7 heteroatoms. The van der Waals surface area contributed by atoms with Crippen LogP contribution in [0.1, 0.15) is 51.0 Å². The van der Waals surface area contributed by atoms with Gasteiger partial charge in [-0.2, -0.15) is 0 Å². The van der Waals surface area contributed by atoms with E-state index in [1.54, 1.807) is 7.11 Å². The van der Waals surface area contributed by atoms with Crippen molar-refractivity contribution in [3.63, 3.8) is 0 Å². The Hall–Kier alpha value is -1.04. The van der Waals surface area contributed by atoms with Crippen molar-refractivity contribution >= 4 is 23.2 Å². The van der Waals surface area contributed by atoms with E-state index < -0.39 is 0 Å². The third kappa shape index (κ3) is 3.79. The van der Waals surface area contributed by atoms with Crippen LogP contribution in [0.25, 0.3) is 0 Å². The van der Waals surface area contributed by atoms with Crippen molar-refractivity contribution in [2.75, 3.05) is 13.7 Å². The highest BCUT2D eigenvalue weighted by Crippen LogP contribution is 2.32. The summed E-state index contributed by atoms with van der Waals surface area (Å²) in [5.41, 5.74) is 0.931. The first-order valence-electron chi connectivity index (χ1n) is 8.10. The normalized spacial score (nSPS) is 12.4. The molecular weight excluding hydrogens is 347 g/mol. The zero-order chi connectivity index (χ0) is 18.1. The summed E-state index contributed by atoms with van der Waals surface area (Å²) < 4.78 is 9.36. The van der Waals surface area contributed by atoms with Crippen molar-refractivity contribution in [1.82, 2.24) is 19.1 Å². The van der Waals surface area contributed by atoms with Crippen molar-refractivity contribution in [3.05, 3.63) is 33.8 Å². The Kier molecular flexibility index (Phi) is 6.00. The molecule has 0 radical (unpaired) electrons. The minimum Gasteiger partial charge on any atom is -0.383 e. The van der Waals surface area contributed by atoms with Crippen LogP contribution in [-0.2, 0) is 30.2 Å².